The predicted molar refractivity (Wildman–Crippen MR) is 79.6 cm³/mol. The third-order valence-corrected chi connectivity index (χ3v) is 2.89. The standard InChI is InChI=1S/C13H15ClN2O3S/c1-13(2,3)11(19)16-12(20)15-9-6-7(10(17)18)4-5-8(9)14/h4-6H,1-3H3,(H,17,18)(H2,15,16,19,20)/p-1. The van der Waals surface area contributed by atoms with E-state index < -0.39 is 11.4 Å². The molecule has 0 radical (unpaired) electrons. The van der Waals surface area contributed by atoms with E-state index >= 15 is 0 Å². The molecule has 0 unspecified atom stereocenters. The summed E-state index contributed by atoms with van der Waals surface area (Å²) in [4.78, 5) is 22.5. The van der Waals surface area contributed by atoms with Gasteiger partial charge in [-0.15, -0.1) is 0 Å². The number of anilines is 1. The minimum absolute atomic E-state index is 0.0400. The molecule has 0 saturated carbocycles. The second-order valence-electron chi connectivity index (χ2n) is 5.14. The minimum Gasteiger partial charge on any atom is -0.545 e. The second-order valence-corrected chi connectivity index (χ2v) is 5.96. The smallest absolute Gasteiger partial charge is 0.231 e. The van der Waals surface area contributed by atoms with Crippen LogP contribution in [0.25, 0.3) is 0 Å². The van der Waals surface area contributed by atoms with Crippen molar-refractivity contribution in [3.05, 3.63) is 28.8 Å². The number of halogens is 1. The molecular formula is C13H14ClN2O3S-. The van der Waals surface area contributed by atoms with Gasteiger partial charge in [-0.3, -0.25) is 4.79 Å². The lowest BCUT2D eigenvalue weighted by atomic mass is 9.96. The molecule has 0 spiro atoms. The van der Waals surface area contributed by atoms with Crippen molar-refractivity contribution < 1.29 is 14.7 Å². The molecule has 108 valence electrons. The van der Waals surface area contributed by atoms with Crippen molar-refractivity contribution in [3.8, 4) is 0 Å². The van der Waals surface area contributed by atoms with Gasteiger partial charge in [0.2, 0.25) is 5.91 Å². The van der Waals surface area contributed by atoms with Crippen molar-refractivity contribution in [3.63, 3.8) is 0 Å². The van der Waals surface area contributed by atoms with E-state index in [1.807, 2.05) is 0 Å². The Labute approximate surface area is 127 Å². The van der Waals surface area contributed by atoms with E-state index in [1.165, 1.54) is 18.2 Å². The molecule has 0 aliphatic carbocycles. The number of rotatable bonds is 2. The van der Waals surface area contributed by atoms with Crippen LogP contribution in [0, 0.1) is 5.41 Å². The van der Waals surface area contributed by atoms with E-state index in [0.29, 0.717) is 0 Å². The molecule has 0 aliphatic heterocycles. The van der Waals surface area contributed by atoms with E-state index in [1.54, 1.807) is 20.8 Å². The van der Waals surface area contributed by atoms with Gasteiger partial charge in [-0.25, -0.2) is 0 Å². The zero-order chi connectivity index (χ0) is 15.5. The average Bonchev–Trinajstić information content (AvgIpc) is 2.30. The summed E-state index contributed by atoms with van der Waals surface area (Å²) in [6.45, 7) is 5.23. The van der Waals surface area contributed by atoms with Gasteiger partial charge in [0, 0.05) is 5.41 Å². The number of benzene rings is 1. The van der Waals surface area contributed by atoms with Crippen LogP contribution in [-0.2, 0) is 4.79 Å². The summed E-state index contributed by atoms with van der Waals surface area (Å²) in [5.41, 5.74) is -0.350. The minimum atomic E-state index is -1.32. The Balaban J connectivity index is 2.83. The highest BCUT2D eigenvalue weighted by Gasteiger charge is 2.22. The number of amides is 1. The SMILES string of the molecule is CC(C)(C)C(=O)NC(=S)Nc1cc(C(=O)[O-])ccc1Cl. The van der Waals surface area contributed by atoms with Gasteiger partial charge in [0.15, 0.2) is 5.11 Å². The molecule has 1 rings (SSSR count). The number of aromatic carboxylic acids is 1. The van der Waals surface area contributed by atoms with Gasteiger partial charge in [-0.1, -0.05) is 38.4 Å². The molecule has 1 amide bonds. The van der Waals surface area contributed by atoms with Gasteiger partial charge in [0.25, 0.3) is 0 Å². The highest BCUT2D eigenvalue weighted by molar-refractivity contribution is 7.80. The Morgan fingerprint density at radius 3 is 2.40 bits per heavy atom. The number of carboxylic acid groups (broad SMARTS) is 1. The maximum atomic E-state index is 11.7. The average molecular weight is 314 g/mol. The summed E-state index contributed by atoms with van der Waals surface area (Å²) in [5.74, 6) is -1.59. The lowest BCUT2D eigenvalue weighted by Crippen LogP contribution is -2.41. The number of carbonyl (C=O) groups excluding carboxylic acids is 2. The largest absolute Gasteiger partial charge is 0.545 e. The molecule has 2 N–H and O–H groups in total. The fourth-order valence-corrected chi connectivity index (χ4v) is 1.56. The van der Waals surface area contributed by atoms with Crippen molar-refractivity contribution in [2.45, 2.75) is 20.8 Å². The van der Waals surface area contributed by atoms with Crippen LogP contribution >= 0.6 is 23.8 Å². The molecule has 1 aromatic carbocycles. The van der Waals surface area contributed by atoms with Gasteiger partial charge in [-0.2, -0.15) is 0 Å². The van der Waals surface area contributed by atoms with Crippen molar-refractivity contribution >= 4 is 46.5 Å². The third kappa shape index (κ3) is 4.47. The van der Waals surface area contributed by atoms with Crippen LogP contribution in [0.5, 0.6) is 0 Å². The number of carboxylic acids is 1. The zero-order valence-electron chi connectivity index (χ0n) is 11.2. The zero-order valence-corrected chi connectivity index (χ0v) is 12.8. The topological polar surface area (TPSA) is 81.3 Å². The number of thiocarbonyl (C=S) groups is 1. The quantitative estimate of drug-likeness (QED) is 0.810. The van der Waals surface area contributed by atoms with Gasteiger partial charge in [0.1, 0.15) is 0 Å². The lowest BCUT2D eigenvalue weighted by molar-refractivity contribution is -0.255. The number of hydrogen-bond acceptors (Lipinski definition) is 4. The first-order valence-corrected chi connectivity index (χ1v) is 6.53. The first-order chi connectivity index (χ1) is 9.11. The summed E-state index contributed by atoms with van der Waals surface area (Å²) in [6.07, 6.45) is 0. The van der Waals surface area contributed by atoms with Crippen molar-refractivity contribution in [2.24, 2.45) is 5.41 Å². The Kier molecular flexibility index (Phi) is 5.08. The Morgan fingerprint density at radius 1 is 1.30 bits per heavy atom. The molecule has 0 fully saturated rings. The summed E-state index contributed by atoms with van der Waals surface area (Å²) in [5, 5.41) is 16.3. The monoisotopic (exact) mass is 313 g/mol. The first kappa shape index (κ1) is 16.4. The molecule has 0 heterocycles. The van der Waals surface area contributed by atoms with Crippen LogP contribution in [0.4, 0.5) is 5.69 Å². The van der Waals surface area contributed by atoms with Crippen LogP contribution in [0.1, 0.15) is 31.1 Å². The molecule has 0 aliphatic rings. The summed E-state index contributed by atoms with van der Waals surface area (Å²) in [6, 6.07) is 4.01. The molecule has 0 saturated heterocycles. The van der Waals surface area contributed by atoms with E-state index in [0.717, 1.165) is 0 Å². The maximum absolute atomic E-state index is 11.7. The van der Waals surface area contributed by atoms with Gasteiger partial charge >= 0.3 is 0 Å². The normalized spacial score (nSPS) is 10.8. The van der Waals surface area contributed by atoms with Crippen LogP contribution in [-0.4, -0.2) is 17.0 Å². The van der Waals surface area contributed by atoms with Crippen LogP contribution in [0.15, 0.2) is 18.2 Å². The molecule has 1 aromatic rings. The summed E-state index contributed by atoms with van der Waals surface area (Å²) in [7, 11) is 0. The molecule has 7 heteroatoms. The first-order valence-electron chi connectivity index (χ1n) is 5.74. The fourth-order valence-electron chi connectivity index (χ4n) is 1.19. The predicted octanol–water partition coefficient (Wildman–Crippen LogP) is 1.56. The Morgan fingerprint density at radius 2 is 1.90 bits per heavy atom. The van der Waals surface area contributed by atoms with Crippen molar-refractivity contribution in [1.29, 1.82) is 0 Å². The highest BCUT2D eigenvalue weighted by atomic mass is 35.5. The molecule has 5 nitrogen and oxygen atoms in total. The summed E-state index contributed by atoms with van der Waals surface area (Å²) < 4.78 is 0. The fraction of sp³-hybridized carbons (Fsp3) is 0.308. The van der Waals surface area contributed by atoms with E-state index in [2.05, 4.69) is 10.6 Å². The summed E-state index contributed by atoms with van der Waals surface area (Å²) >= 11 is 10.9. The van der Waals surface area contributed by atoms with E-state index in [4.69, 9.17) is 23.8 Å². The number of nitrogens with one attached hydrogen (secondary N) is 2. The molecule has 0 bridgehead atoms. The lowest BCUT2D eigenvalue weighted by Gasteiger charge is -2.19. The number of carbonyl (C=O) groups is 2. The van der Waals surface area contributed by atoms with Gasteiger partial charge in [-0.05, 0) is 29.9 Å². The van der Waals surface area contributed by atoms with Gasteiger partial charge in [0.05, 0.1) is 16.7 Å². The molecule has 0 atom stereocenters. The van der Waals surface area contributed by atoms with Gasteiger partial charge < -0.3 is 20.5 Å². The highest BCUT2D eigenvalue weighted by Crippen LogP contribution is 2.23. The second kappa shape index (κ2) is 6.19. The van der Waals surface area contributed by atoms with Crippen molar-refractivity contribution in [2.75, 3.05) is 5.32 Å². The third-order valence-electron chi connectivity index (χ3n) is 2.36. The number of hydrogen-bond donors (Lipinski definition) is 2. The van der Waals surface area contributed by atoms with Crippen LogP contribution in [0.3, 0.4) is 0 Å². The van der Waals surface area contributed by atoms with Crippen LogP contribution < -0.4 is 15.7 Å². The van der Waals surface area contributed by atoms with E-state index in [-0.39, 0.29) is 27.3 Å². The van der Waals surface area contributed by atoms with Crippen LogP contribution in [0.2, 0.25) is 5.02 Å². The van der Waals surface area contributed by atoms with E-state index in [9.17, 15) is 14.7 Å². The molecule has 20 heavy (non-hydrogen) atoms. The molecule has 0 aromatic heterocycles. The van der Waals surface area contributed by atoms with Crippen molar-refractivity contribution in [1.82, 2.24) is 5.32 Å². The Hall–Kier alpha value is -1.66. The Bertz CT molecular complexity index is 567. The molecular weight excluding hydrogens is 300 g/mol. The maximum Gasteiger partial charge on any atom is 0.231 e.